The Hall–Kier alpha value is -0.140. The summed E-state index contributed by atoms with van der Waals surface area (Å²) in [6.45, 7) is 14.2. The molecule has 2 saturated heterocycles. The van der Waals surface area contributed by atoms with E-state index >= 15 is 0 Å². The van der Waals surface area contributed by atoms with Crippen LogP contribution in [0.15, 0.2) is 21.1 Å². The van der Waals surface area contributed by atoms with Crippen LogP contribution in [0.4, 0.5) is 5.69 Å². The Morgan fingerprint density at radius 3 is 2.07 bits per heavy atom. The maximum absolute atomic E-state index is 3.84. The average molecular weight is 530 g/mol. The third-order valence-corrected chi connectivity index (χ3v) is 7.70. The van der Waals surface area contributed by atoms with Crippen LogP contribution in [0, 0.1) is 0 Å². The van der Waals surface area contributed by atoms with E-state index in [0.29, 0.717) is 5.92 Å². The molecule has 0 N–H and O–H groups in total. The van der Waals surface area contributed by atoms with Gasteiger partial charge in [0.1, 0.15) is 0 Å². The number of hydrogen-bond acceptors (Lipinski definition) is 4. The summed E-state index contributed by atoms with van der Waals surface area (Å²) in [5, 5.41) is 0. The predicted molar refractivity (Wildman–Crippen MR) is 132 cm³/mol. The Kier molecular flexibility index (Phi) is 8.87. The second-order valence-corrected chi connectivity index (χ2v) is 10.9. The summed E-state index contributed by atoms with van der Waals surface area (Å²) >= 11 is 7.68. The zero-order chi connectivity index (χ0) is 21.0. The maximum Gasteiger partial charge on any atom is 0.0655 e. The highest BCUT2D eigenvalue weighted by atomic mass is 79.9. The third kappa shape index (κ3) is 6.42. The number of rotatable bonds is 7. The number of hydrogen-bond donors (Lipinski definition) is 0. The zero-order valence-electron chi connectivity index (χ0n) is 18.6. The first-order chi connectivity index (χ1) is 13.8. The lowest BCUT2D eigenvalue weighted by atomic mass is 10.00. The van der Waals surface area contributed by atoms with Gasteiger partial charge in [0, 0.05) is 54.3 Å². The van der Waals surface area contributed by atoms with Crippen molar-refractivity contribution in [1.29, 1.82) is 0 Å². The third-order valence-electron chi connectivity index (χ3n) is 6.49. The van der Waals surface area contributed by atoms with Crippen molar-refractivity contribution in [2.45, 2.75) is 45.1 Å². The molecule has 6 heteroatoms. The van der Waals surface area contributed by atoms with Crippen LogP contribution in [0.5, 0.6) is 0 Å². The molecule has 0 aliphatic carbocycles. The molecule has 0 atom stereocenters. The smallest absolute Gasteiger partial charge is 0.0655 e. The molecule has 1 aromatic rings. The Labute approximate surface area is 194 Å². The molecule has 0 spiro atoms. The standard InChI is InChI=1S/C23H38Br2N4/c1-18(2)19-16-21(24)23(22(25)17-19)29-10-6-20(7-11-29)28-14-12-27(13-15-28)9-5-8-26(3)4/h16-18,20H,5-15H2,1-4H3. The Bertz CT molecular complexity index is 625. The molecule has 0 amide bonds. The summed E-state index contributed by atoms with van der Waals surface area (Å²) in [6.07, 6.45) is 3.82. The molecule has 2 heterocycles. The van der Waals surface area contributed by atoms with E-state index in [2.05, 4.69) is 91.5 Å². The molecule has 2 aliphatic heterocycles. The summed E-state index contributed by atoms with van der Waals surface area (Å²) in [5.74, 6) is 0.545. The maximum atomic E-state index is 3.84. The number of piperidine rings is 1. The molecular weight excluding hydrogens is 492 g/mol. The van der Waals surface area contributed by atoms with Gasteiger partial charge in [-0.2, -0.15) is 0 Å². The van der Waals surface area contributed by atoms with Gasteiger partial charge in [-0.25, -0.2) is 0 Å². The fourth-order valence-corrected chi connectivity index (χ4v) is 6.36. The van der Waals surface area contributed by atoms with Gasteiger partial charge in [-0.15, -0.1) is 0 Å². The molecule has 1 aromatic carbocycles. The fourth-order valence-electron chi connectivity index (χ4n) is 4.64. The van der Waals surface area contributed by atoms with E-state index in [-0.39, 0.29) is 0 Å². The highest BCUT2D eigenvalue weighted by Crippen LogP contribution is 2.38. The van der Waals surface area contributed by atoms with E-state index in [1.54, 1.807) is 0 Å². The molecule has 0 radical (unpaired) electrons. The van der Waals surface area contributed by atoms with Crippen molar-refractivity contribution < 1.29 is 0 Å². The first kappa shape index (κ1) is 23.5. The summed E-state index contributed by atoms with van der Waals surface area (Å²) in [7, 11) is 4.33. The highest BCUT2D eigenvalue weighted by molar-refractivity contribution is 9.11. The minimum absolute atomic E-state index is 0.545. The van der Waals surface area contributed by atoms with E-state index in [1.807, 2.05) is 0 Å². The lowest BCUT2D eigenvalue weighted by Gasteiger charge is -2.43. The molecular formula is C23H38Br2N4. The van der Waals surface area contributed by atoms with E-state index in [0.717, 1.165) is 19.1 Å². The molecule has 2 aliphatic rings. The lowest BCUT2D eigenvalue weighted by molar-refractivity contribution is 0.0832. The normalized spacial score (nSPS) is 20.2. The first-order valence-corrected chi connectivity index (χ1v) is 12.8. The molecule has 0 unspecified atom stereocenters. The minimum atomic E-state index is 0.545. The number of anilines is 1. The number of halogens is 2. The van der Waals surface area contributed by atoms with Crippen LogP contribution in [0.25, 0.3) is 0 Å². The molecule has 2 fully saturated rings. The lowest BCUT2D eigenvalue weighted by Crippen LogP contribution is -2.53. The molecule has 0 saturated carbocycles. The van der Waals surface area contributed by atoms with Crippen molar-refractivity contribution in [3.8, 4) is 0 Å². The van der Waals surface area contributed by atoms with Crippen LogP contribution in [-0.2, 0) is 0 Å². The second-order valence-electron chi connectivity index (χ2n) is 9.24. The van der Waals surface area contributed by atoms with Crippen molar-refractivity contribution in [3.63, 3.8) is 0 Å². The summed E-state index contributed by atoms with van der Waals surface area (Å²) in [5.41, 5.74) is 2.71. The monoisotopic (exact) mass is 528 g/mol. The van der Waals surface area contributed by atoms with Gasteiger partial charge in [0.05, 0.1) is 5.69 Å². The van der Waals surface area contributed by atoms with Gasteiger partial charge in [0.25, 0.3) is 0 Å². The van der Waals surface area contributed by atoms with Crippen molar-refractivity contribution in [3.05, 3.63) is 26.6 Å². The SMILES string of the molecule is CC(C)c1cc(Br)c(N2CCC(N3CCN(CCCN(C)C)CC3)CC2)c(Br)c1. The number of benzene rings is 1. The molecule has 164 valence electrons. The van der Waals surface area contributed by atoms with Crippen molar-refractivity contribution in [1.82, 2.24) is 14.7 Å². The van der Waals surface area contributed by atoms with E-state index in [1.165, 1.54) is 78.7 Å². The summed E-state index contributed by atoms with van der Waals surface area (Å²) < 4.78 is 2.45. The van der Waals surface area contributed by atoms with Gasteiger partial charge >= 0.3 is 0 Å². The van der Waals surface area contributed by atoms with E-state index < -0.39 is 0 Å². The molecule has 0 bridgehead atoms. The van der Waals surface area contributed by atoms with Gasteiger partial charge in [0.2, 0.25) is 0 Å². The van der Waals surface area contributed by atoms with Gasteiger partial charge in [0.15, 0.2) is 0 Å². The highest BCUT2D eigenvalue weighted by Gasteiger charge is 2.28. The topological polar surface area (TPSA) is 13.0 Å². The van der Waals surface area contributed by atoms with Crippen LogP contribution in [0.3, 0.4) is 0 Å². The van der Waals surface area contributed by atoms with Crippen molar-refractivity contribution in [2.24, 2.45) is 0 Å². The predicted octanol–water partition coefficient (Wildman–Crippen LogP) is 4.87. The van der Waals surface area contributed by atoms with Gasteiger partial charge < -0.3 is 14.7 Å². The van der Waals surface area contributed by atoms with Gasteiger partial charge in [-0.1, -0.05) is 13.8 Å². The van der Waals surface area contributed by atoms with Gasteiger partial charge in [-0.05, 0) is 102 Å². The molecule has 3 rings (SSSR count). The van der Waals surface area contributed by atoms with Gasteiger partial charge in [-0.3, -0.25) is 4.90 Å². The van der Waals surface area contributed by atoms with Crippen LogP contribution < -0.4 is 4.90 Å². The first-order valence-electron chi connectivity index (χ1n) is 11.2. The summed E-state index contributed by atoms with van der Waals surface area (Å²) in [6, 6.07) is 5.35. The Balaban J connectivity index is 1.48. The van der Waals surface area contributed by atoms with E-state index in [9.17, 15) is 0 Å². The van der Waals surface area contributed by atoms with E-state index in [4.69, 9.17) is 0 Å². The molecule has 4 nitrogen and oxygen atoms in total. The quantitative estimate of drug-likeness (QED) is 0.499. The minimum Gasteiger partial charge on any atom is -0.370 e. The number of piperazine rings is 1. The molecule has 29 heavy (non-hydrogen) atoms. The zero-order valence-corrected chi connectivity index (χ0v) is 21.8. The summed E-state index contributed by atoms with van der Waals surface area (Å²) in [4.78, 5) is 10.3. The van der Waals surface area contributed by atoms with Crippen LogP contribution >= 0.6 is 31.9 Å². The van der Waals surface area contributed by atoms with Crippen molar-refractivity contribution in [2.75, 3.05) is 71.4 Å². The number of nitrogens with zero attached hydrogens (tertiary/aromatic N) is 4. The Morgan fingerprint density at radius 1 is 0.966 bits per heavy atom. The second kappa shape index (κ2) is 10.9. The Morgan fingerprint density at radius 2 is 1.55 bits per heavy atom. The van der Waals surface area contributed by atoms with Crippen molar-refractivity contribution >= 4 is 37.5 Å². The average Bonchev–Trinajstić information content (AvgIpc) is 2.68. The largest absolute Gasteiger partial charge is 0.370 e. The molecule has 0 aromatic heterocycles. The fraction of sp³-hybridized carbons (Fsp3) is 0.739. The van der Waals surface area contributed by atoms with Crippen LogP contribution in [0.1, 0.15) is 44.6 Å². The van der Waals surface area contributed by atoms with Crippen LogP contribution in [0.2, 0.25) is 0 Å². The van der Waals surface area contributed by atoms with Crippen LogP contribution in [-0.4, -0.2) is 87.2 Å².